The van der Waals surface area contributed by atoms with Gasteiger partial charge in [0.2, 0.25) is 0 Å². The Morgan fingerprint density at radius 3 is 2.88 bits per heavy atom. The molecule has 82 valence electrons. The first-order chi connectivity index (χ1) is 7.66. The normalized spacial score (nSPS) is 10.3. The van der Waals surface area contributed by atoms with Gasteiger partial charge in [0.05, 0.1) is 6.54 Å². The standard InChI is InChI=1S/C10H8BrN3O2/c11-8-3-7(4-12-5-8)6-14-9(15)1-2-13-10(14)16/h1-5H,6H2,(H,13,16). The van der Waals surface area contributed by atoms with Gasteiger partial charge in [-0.05, 0) is 27.6 Å². The summed E-state index contributed by atoms with van der Waals surface area (Å²) >= 11 is 3.28. The molecule has 16 heavy (non-hydrogen) atoms. The lowest BCUT2D eigenvalue weighted by atomic mass is 10.3. The number of aromatic amines is 1. The van der Waals surface area contributed by atoms with Crippen molar-refractivity contribution >= 4 is 15.9 Å². The van der Waals surface area contributed by atoms with E-state index >= 15 is 0 Å². The monoisotopic (exact) mass is 281 g/mol. The van der Waals surface area contributed by atoms with E-state index in [0.29, 0.717) is 0 Å². The molecule has 0 atom stereocenters. The largest absolute Gasteiger partial charge is 0.328 e. The Bertz CT molecular complexity index is 589. The molecule has 0 aliphatic heterocycles. The summed E-state index contributed by atoms with van der Waals surface area (Å²) in [6.07, 6.45) is 4.59. The van der Waals surface area contributed by atoms with Crippen molar-refractivity contribution in [2.75, 3.05) is 0 Å². The van der Waals surface area contributed by atoms with E-state index in [9.17, 15) is 9.59 Å². The Labute approximate surface area is 98.9 Å². The van der Waals surface area contributed by atoms with Crippen LogP contribution in [0, 0.1) is 0 Å². The summed E-state index contributed by atoms with van der Waals surface area (Å²) < 4.78 is 1.93. The highest BCUT2D eigenvalue weighted by Gasteiger charge is 2.02. The molecular weight excluding hydrogens is 274 g/mol. The van der Waals surface area contributed by atoms with Crippen LogP contribution < -0.4 is 11.2 Å². The molecule has 0 radical (unpaired) electrons. The minimum absolute atomic E-state index is 0.210. The molecule has 0 unspecified atom stereocenters. The van der Waals surface area contributed by atoms with Gasteiger partial charge >= 0.3 is 5.69 Å². The third-order valence-electron chi connectivity index (χ3n) is 2.05. The molecule has 6 heteroatoms. The quantitative estimate of drug-likeness (QED) is 0.883. The van der Waals surface area contributed by atoms with Crippen molar-refractivity contribution < 1.29 is 0 Å². The average Bonchev–Trinajstić information content (AvgIpc) is 2.24. The third kappa shape index (κ3) is 2.27. The number of nitrogens with one attached hydrogen (secondary N) is 1. The predicted octanol–water partition coefficient (Wildman–Crippen LogP) is 0.742. The molecule has 0 aliphatic rings. The lowest BCUT2D eigenvalue weighted by molar-refractivity contribution is 0.696. The second kappa shape index (κ2) is 4.44. The van der Waals surface area contributed by atoms with Crippen molar-refractivity contribution in [3.05, 3.63) is 61.6 Å². The van der Waals surface area contributed by atoms with Gasteiger partial charge in [-0.15, -0.1) is 0 Å². The van der Waals surface area contributed by atoms with Crippen LogP contribution in [0.25, 0.3) is 0 Å². The van der Waals surface area contributed by atoms with E-state index in [0.717, 1.165) is 14.6 Å². The molecule has 5 nitrogen and oxygen atoms in total. The molecule has 2 heterocycles. The molecule has 0 fully saturated rings. The molecule has 2 aromatic heterocycles. The topological polar surface area (TPSA) is 67.8 Å². The lowest BCUT2D eigenvalue weighted by Gasteiger charge is -2.03. The van der Waals surface area contributed by atoms with Gasteiger partial charge in [0.15, 0.2) is 0 Å². The maximum absolute atomic E-state index is 11.4. The zero-order valence-corrected chi connectivity index (χ0v) is 9.77. The minimum Gasteiger partial charge on any atom is -0.314 e. The van der Waals surface area contributed by atoms with Gasteiger partial charge in [0.25, 0.3) is 5.56 Å². The maximum Gasteiger partial charge on any atom is 0.328 e. The second-order valence-corrected chi connectivity index (χ2v) is 4.13. The van der Waals surface area contributed by atoms with Crippen LogP contribution in [0.15, 0.2) is 44.8 Å². The summed E-state index contributed by atoms with van der Waals surface area (Å²) in [5.74, 6) is 0. The van der Waals surface area contributed by atoms with E-state index in [2.05, 4.69) is 25.9 Å². The van der Waals surface area contributed by atoms with Gasteiger partial charge in [-0.3, -0.25) is 14.3 Å². The third-order valence-corrected chi connectivity index (χ3v) is 2.48. The van der Waals surface area contributed by atoms with Crippen LogP contribution in [-0.2, 0) is 6.54 Å². The number of rotatable bonds is 2. The summed E-state index contributed by atoms with van der Waals surface area (Å²) in [6, 6.07) is 3.12. The zero-order chi connectivity index (χ0) is 11.5. The van der Waals surface area contributed by atoms with Crippen molar-refractivity contribution in [2.45, 2.75) is 6.54 Å². The van der Waals surface area contributed by atoms with E-state index in [1.807, 2.05) is 6.07 Å². The van der Waals surface area contributed by atoms with Crippen LogP contribution in [0.5, 0.6) is 0 Å². The molecule has 0 saturated carbocycles. The molecule has 0 aromatic carbocycles. The SMILES string of the molecule is O=c1cc[nH]c(=O)n1Cc1cncc(Br)c1. The Morgan fingerprint density at radius 2 is 2.19 bits per heavy atom. The zero-order valence-electron chi connectivity index (χ0n) is 8.18. The fraction of sp³-hybridized carbons (Fsp3) is 0.100. The number of pyridine rings is 1. The second-order valence-electron chi connectivity index (χ2n) is 3.22. The van der Waals surface area contributed by atoms with Crippen molar-refractivity contribution in [2.24, 2.45) is 0 Å². The number of nitrogens with zero attached hydrogens (tertiary/aromatic N) is 2. The predicted molar refractivity (Wildman–Crippen MR) is 62.4 cm³/mol. The minimum atomic E-state index is -0.424. The van der Waals surface area contributed by atoms with Crippen LogP contribution in [-0.4, -0.2) is 14.5 Å². The number of hydrogen-bond donors (Lipinski definition) is 1. The smallest absolute Gasteiger partial charge is 0.314 e. The number of aromatic nitrogens is 3. The Balaban J connectivity index is 2.42. The summed E-state index contributed by atoms with van der Waals surface area (Å²) in [4.78, 5) is 29.3. The van der Waals surface area contributed by atoms with E-state index in [1.165, 1.54) is 12.3 Å². The molecule has 0 aliphatic carbocycles. The molecule has 0 amide bonds. The summed E-state index contributed by atoms with van der Waals surface area (Å²) in [7, 11) is 0. The van der Waals surface area contributed by atoms with Crippen LogP contribution in [0.1, 0.15) is 5.56 Å². The van der Waals surface area contributed by atoms with Crippen LogP contribution in [0.3, 0.4) is 0 Å². The first-order valence-corrected chi connectivity index (χ1v) is 5.34. The Hall–Kier alpha value is -1.69. The molecular formula is C10H8BrN3O2. The summed E-state index contributed by atoms with van der Waals surface area (Å²) in [5.41, 5.74) is 0.0318. The highest BCUT2D eigenvalue weighted by atomic mass is 79.9. The van der Waals surface area contributed by atoms with Crippen molar-refractivity contribution in [1.29, 1.82) is 0 Å². The highest BCUT2D eigenvalue weighted by molar-refractivity contribution is 9.10. The number of halogens is 1. The number of hydrogen-bond acceptors (Lipinski definition) is 3. The molecule has 0 bridgehead atoms. The fourth-order valence-corrected chi connectivity index (χ4v) is 1.74. The molecule has 1 N–H and O–H groups in total. The maximum atomic E-state index is 11.4. The van der Waals surface area contributed by atoms with Crippen LogP contribution >= 0.6 is 15.9 Å². The highest BCUT2D eigenvalue weighted by Crippen LogP contribution is 2.09. The fourth-order valence-electron chi connectivity index (χ4n) is 1.33. The molecule has 2 rings (SSSR count). The van der Waals surface area contributed by atoms with Crippen molar-refractivity contribution in [3.8, 4) is 0 Å². The Kier molecular flexibility index (Phi) is 3.00. The summed E-state index contributed by atoms with van der Waals surface area (Å²) in [6.45, 7) is 0.210. The molecule has 2 aromatic rings. The van der Waals surface area contributed by atoms with E-state index < -0.39 is 5.69 Å². The van der Waals surface area contributed by atoms with Gasteiger partial charge in [-0.1, -0.05) is 0 Å². The molecule has 0 spiro atoms. The first kappa shape index (κ1) is 10.8. The lowest BCUT2D eigenvalue weighted by Crippen LogP contribution is -2.34. The van der Waals surface area contributed by atoms with Gasteiger partial charge < -0.3 is 4.98 Å². The van der Waals surface area contributed by atoms with E-state index in [1.54, 1.807) is 12.4 Å². The van der Waals surface area contributed by atoms with Gasteiger partial charge in [-0.25, -0.2) is 4.79 Å². The molecule has 0 saturated heterocycles. The van der Waals surface area contributed by atoms with Crippen LogP contribution in [0.4, 0.5) is 0 Å². The first-order valence-electron chi connectivity index (χ1n) is 4.55. The Morgan fingerprint density at radius 1 is 1.38 bits per heavy atom. The number of H-pyrrole nitrogens is 1. The van der Waals surface area contributed by atoms with E-state index in [-0.39, 0.29) is 12.1 Å². The average molecular weight is 282 g/mol. The van der Waals surface area contributed by atoms with Gasteiger partial charge in [0.1, 0.15) is 0 Å². The van der Waals surface area contributed by atoms with E-state index in [4.69, 9.17) is 0 Å². The van der Waals surface area contributed by atoms with Crippen molar-refractivity contribution in [1.82, 2.24) is 14.5 Å². The van der Waals surface area contributed by atoms with Crippen molar-refractivity contribution in [3.63, 3.8) is 0 Å². The van der Waals surface area contributed by atoms with Gasteiger partial charge in [0, 0.05) is 29.1 Å². The summed E-state index contributed by atoms with van der Waals surface area (Å²) in [5, 5.41) is 0. The van der Waals surface area contributed by atoms with Crippen LogP contribution in [0.2, 0.25) is 0 Å². The van der Waals surface area contributed by atoms with Gasteiger partial charge in [-0.2, -0.15) is 0 Å².